The smallest absolute Gasteiger partial charge is 0.422 e. The molecule has 0 amide bonds. The van der Waals surface area contributed by atoms with Crippen molar-refractivity contribution in [2.45, 2.75) is 19.6 Å². The quantitative estimate of drug-likeness (QED) is 0.150. The summed E-state index contributed by atoms with van der Waals surface area (Å²) < 4.78 is 7.43. The zero-order valence-electron chi connectivity index (χ0n) is 25.9. The summed E-state index contributed by atoms with van der Waals surface area (Å²) in [7, 11) is 0. The minimum Gasteiger partial charge on any atom is -0.422 e. The Hall–Kier alpha value is -5.37. The van der Waals surface area contributed by atoms with Crippen molar-refractivity contribution >= 4 is 94.3 Å². The lowest BCUT2D eigenvalue weighted by Crippen LogP contribution is -2.56. The Kier molecular flexibility index (Phi) is 4.60. The average molecular weight is 660 g/mol. The largest absolute Gasteiger partial charge is 0.425 e. The number of fused-ring (bicyclic) bond motifs is 17. The summed E-state index contributed by atoms with van der Waals surface area (Å²) in [5, 5.41) is 0. The van der Waals surface area contributed by atoms with E-state index in [9.17, 15) is 0 Å². The monoisotopic (exact) mass is 660 g/mol. The molecule has 49 heavy (non-hydrogen) atoms. The molecule has 0 atom stereocenters. The second kappa shape index (κ2) is 8.80. The van der Waals surface area contributed by atoms with Crippen molar-refractivity contribution < 1.29 is 4.42 Å². The van der Waals surface area contributed by atoms with E-state index in [0.29, 0.717) is 0 Å². The first-order chi connectivity index (χ1) is 24.3. The van der Waals surface area contributed by atoms with E-state index in [1.165, 1.54) is 75.5 Å². The summed E-state index contributed by atoms with van der Waals surface area (Å²) in [6, 6.07) is 49.1. The summed E-state index contributed by atoms with van der Waals surface area (Å²) >= 11 is 3.76. The number of anilines is 8. The first kappa shape index (κ1) is 25.6. The molecule has 0 radical (unpaired) electrons. The summed E-state index contributed by atoms with van der Waals surface area (Å²) in [5.41, 5.74) is 14.7. The molecule has 7 aromatic rings. The van der Waals surface area contributed by atoms with E-state index in [0.717, 1.165) is 23.1 Å². The van der Waals surface area contributed by atoms with Gasteiger partial charge in [-0.3, -0.25) is 0 Å². The van der Waals surface area contributed by atoms with Gasteiger partial charge in [-0.15, -0.1) is 0 Å². The number of para-hydroxylation sites is 4. The lowest BCUT2D eigenvalue weighted by Gasteiger charge is -2.36. The summed E-state index contributed by atoms with van der Waals surface area (Å²) in [4.78, 5) is 15.2. The molecule has 5 nitrogen and oxygen atoms in total. The maximum atomic E-state index is 7.43. The Bertz CT molecular complexity index is 2480. The molecule has 0 aliphatic carbocycles. The van der Waals surface area contributed by atoms with Crippen LogP contribution in [0.25, 0.3) is 22.3 Å². The number of furan rings is 1. The first-order valence-corrected chi connectivity index (χ1v) is 18.3. The van der Waals surface area contributed by atoms with Crippen molar-refractivity contribution in [3.63, 3.8) is 0 Å². The average Bonchev–Trinajstić information content (AvgIpc) is 3.71. The van der Waals surface area contributed by atoms with Crippen LogP contribution < -0.4 is 30.2 Å². The second-order valence-electron chi connectivity index (χ2n) is 13.2. The molecule has 9 heteroatoms. The molecular weight excluding hydrogens is 638 g/mol. The summed E-state index contributed by atoms with van der Waals surface area (Å²) in [6.45, 7) is -0.165. The van der Waals surface area contributed by atoms with Crippen molar-refractivity contribution in [1.82, 2.24) is 0 Å². The maximum absolute atomic E-state index is 7.43. The highest BCUT2D eigenvalue weighted by atomic mass is 32.2. The van der Waals surface area contributed by atoms with E-state index in [4.69, 9.17) is 4.42 Å². The highest BCUT2D eigenvalue weighted by molar-refractivity contribution is 8.00. The lowest BCUT2D eigenvalue weighted by molar-refractivity contribution is 0.591. The molecule has 226 valence electrons. The van der Waals surface area contributed by atoms with Crippen molar-refractivity contribution in [3.05, 3.63) is 133 Å². The van der Waals surface area contributed by atoms with E-state index in [-0.39, 0.29) is 14.0 Å². The topological polar surface area (TPSA) is 26.1 Å². The molecule has 6 aromatic carbocycles. The van der Waals surface area contributed by atoms with Gasteiger partial charge in [0.05, 0.1) is 0 Å². The maximum Gasteiger partial charge on any atom is 0.425 e. The Morgan fingerprint density at radius 3 is 1.24 bits per heavy atom. The Balaban J connectivity index is 1.19. The van der Waals surface area contributed by atoms with Crippen LogP contribution in [0, 0.1) is 0 Å². The zero-order valence-corrected chi connectivity index (χ0v) is 27.5. The molecule has 0 spiro atoms. The molecule has 0 N–H and O–H groups in total. The third-order valence-corrected chi connectivity index (χ3v) is 13.2. The van der Waals surface area contributed by atoms with Crippen LogP contribution in [-0.2, 0) is 0 Å². The van der Waals surface area contributed by atoms with Crippen LogP contribution >= 0.6 is 23.5 Å². The van der Waals surface area contributed by atoms with Crippen LogP contribution in [0.4, 0.5) is 45.9 Å². The molecule has 6 aliphatic heterocycles. The van der Waals surface area contributed by atoms with Crippen molar-refractivity contribution in [3.8, 4) is 22.3 Å². The molecular formula is C40H22B2N4OS2. The standard InChI is InChI=1S/C40H22B2N4OS2/c1-3-15-27-23(11-1)25-13-9-21-33-35(25)41-43(29-17-5-7-19-31(29)48-33)37-38-40(47-39(37)45(27)41)46-28-16-4-2-12-24(28)26-14-10-22-34-36(26)42(46)44(38)30-18-6-8-20-32(30)49-34/h1-22H. The molecule has 13 rings (SSSR count). The van der Waals surface area contributed by atoms with Gasteiger partial charge in [0.15, 0.2) is 0 Å². The van der Waals surface area contributed by atoms with Gasteiger partial charge in [-0.2, -0.15) is 0 Å². The van der Waals surface area contributed by atoms with Gasteiger partial charge < -0.3 is 23.7 Å². The molecule has 0 fully saturated rings. The van der Waals surface area contributed by atoms with Gasteiger partial charge >= 0.3 is 14.0 Å². The summed E-state index contributed by atoms with van der Waals surface area (Å²) in [5.74, 6) is 1.79. The van der Waals surface area contributed by atoms with E-state index in [1.807, 2.05) is 23.5 Å². The molecule has 6 aliphatic rings. The van der Waals surface area contributed by atoms with Crippen LogP contribution in [0.1, 0.15) is 0 Å². The van der Waals surface area contributed by atoms with Crippen molar-refractivity contribution in [1.29, 1.82) is 0 Å². The second-order valence-corrected chi connectivity index (χ2v) is 15.4. The zero-order chi connectivity index (χ0) is 31.5. The normalized spacial score (nSPS) is 15.8. The molecule has 0 bridgehead atoms. The Morgan fingerprint density at radius 2 is 0.755 bits per heavy atom. The predicted molar refractivity (Wildman–Crippen MR) is 203 cm³/mol. The van der Waals surface area contributed by atoms with Gasteiger partial charge in [0.1, 0.15) is 11.4 Å². The van der Waals surface area contributed by atoms with Gasteiger partial charge in [-0.1, -0.05) is 108 Å². The number of hydrogen-bond donors (Lipinski definition) is 0. The number of nitrogens with zero attached hydrogens (tertiary/aromatic N) is 4. The van der Waals surface area contributed by atoms with Crippen LogP contribution in [0.5, 0.6) is 0 Å². The minimum atomic E-state index is -0.0827. The predicted octanol–water partition coefficient (Wildman–Crippen LogP) is 9.54. The van der Waals surface area contributed by atoms with Crippen molar-refractivity contribution in [2.24, 2.45) is 0 Å². The Labute approximate surface area is 292 Å². The van der Waals surface area contributed by atoms with Crippen LogP contribution in [-0.4, -0.2) is 14.0 Å². The van der Waals surface area contributed by atoms with Gasteiger partial charge in [0, 0.05) is 53.5 Å². The third kappa shape index (κ3) is 2.94. The number of benzene rings is 6. The fraction of sp³-hybridized carbons (Fsp3) is 0. The fourth-order valence-electron chi connectivity index (χ4n) is 9.17. The van der Waals surface area contributed by atoms with Gasteiger partial charge in [0.2, 0.25) is 11.8 Å². The number of rotatable bonds is 0. The number of hydrogen-bond acceptors (Lipinski definition) is 7. The van der Waals surface area contributed by atoms with Crippen molar-refractivity contribution in [2.75, 3.05) is 19.2 Å². The van der Waals surface area contributed by atoms with Crippen LogP contribution in [0.2, 0.25) is 0 Å². The van der Waals surface area contributed by atoms with E-state index in [1.54, 1.807) is 0 Å². The minimum absolute atomic E-state index is 0.0827. The first-order valence-electron chi connectivity index (χ1n) is 16.7. The Morgan fingerprint density at radius 1 is 0.367 bits per heavy atom. The third-order valence-electron chi connectivity index (χ3n) is 11.0. The lowest BCUT2D eigenvalue weighted by atomic mass is 9.59. The highest BCUT2D eigenvalue weighted by Gasteiger charge is 2.60. The SMILES string of the molecule is c1ccc2c(c1)Sc1cccc3c1B1N(c4ccccc4-3)c3oc4c(c3N12)N1B2c3c(cccc3-c3ccccc3N24)Sc2ccccc21. The highest BCUT2D eigenvalue weighted by Crippen LogP contribution is 2.66. The summed E-state index contributed by atoms with van der Waals surface area (Å²) in [6.07, 6.45) is 0. The molecule has 0 unspecified atom stereocenters. The van der Waals surface area contributed by atoms with Gasteiger partial charge in [0.25, 0.3) is 0 Å². The molecule has 0 saturated heterocycles. The molecule has 0 saturated carbocycles. The fourth-order valence-corrected chi connectivity index (χ4v) is 11.4. The van der Waals surface area contributed by atoms with E-state index < -0.39 is 0 Å². The molecule has 1 aromatic heterocycles. The van der Waals surface area contributed by atoms with E-state index in [2.05, 4.69) is 153 Å². The van der Waals surface area contributed by atoms with Crippen LogP contribution in [0.3, 0.4) is 0 Å². The van der Waals surface area contributed by atoms with E-state index >= 15 is 0 Å². The van der Waals surface area contributed by atoms with Gasteiger partial charge in [-0.25, -0.2) is 0 Å². The molecule has 7 heterocycles. The van der Waals surface area contributed by atoms with Gasteiger partial charge in [-0.05, 0) is 70.6 Å². The van der Waals surface area contributed by atoms with Crippen LogP contribution in [0.15, 0.2) is 157 Å².